The maximum absolute atomic E-state index is 12.9. The van der Waals surface area contributed by atoms with Gasteiger partial charge in [0.25, 0.3) is 0 Å². The quantitative estimate of drug-likeness (QED) is 0.757. The summed E-state index contributed by atoms with van der Waals surface area (Å²) in [6.45, 7) is 0. The van der Waals surface area contributed by atoms with E-state index in [1.54, 1.807) is 0 Å². The van der Waals surface area contributed by atoms with E-state index in [9.17, 15) is 9.18 Å². The van der Waals surface area contributed by atoms with Gasteiger partial charge in [-0.1, -0.05) is 23.2 Å². The zero-order chi connectivity index (χ0) is 16.4. The fraction of sp³-hybridized carbons (Fsp3) is 0. The summed E-state index contributed by atoms with van der Waals surface area (Å²) < 4.78 is 18.2. The highest BCUT2D eigenvalue weighted by atomic mass is 35.5. The minimum atomic E-state index is -0.607. The third-order valence-corrected chi connectivity index (χ3v) is 3.27. The van der Waals surface area contributed by atoms with Gasteiger partial charge in [0, 0.05) is 21.3 Å². The van der Waals surface area contributed by atoms with Crippen molar-refractivity contribution in [3.63, 3.8) is 0 Å². The number of carbonyl (C=O) groups excluding carboxylic acids is 1. The number of hydrogen-bond donors (Lipinski definition) is 1. The van der Waals surface area contributed by atoms with Crippen molar-refractivity contribution in [2.75, 3.05) is 5.32 Å². The van der Waals surface area contributed by atoms with E-state index in [2.05, 4.69) is 15.5 Å². The molecule has 0 radical (unpaired) electrons. The number of anilines is 1. The fourth-order valence-corrected chi connectivity index (χ4v) is 2.36. The molecule has 0 saturated carbocycles. The van der Waals surface area contributed by atoms with Crippen LogP contribution in [-0.2, 0) is 0 Å². The maximum Gasteiger partial charge on any atom is 0.313 e. The summed E-state index contributed by atoms with van der Waals surface area (Å²) in [5.74, 6) is -1.12. The smallest absolute Gasteiger partial charge is 0.313 e. The Morgan fingerprint density at radius 2 is 1.70 bits per heavy atom. The zero-order valence-corrected chi connectivity index (χ0v) is 12.9. The molecule has 0 saturated heterocycles. The molecule has 1 aromatic heterocycles. The first-order valence-electron chi connectivity index (χ1n) is 6.38. The summed E-state index contributed by atoms with van der Waals surface area (Å²) in [5, 5.41) is 10.7. The highest BCUT2D eigenvalue weighted by Crippen LogP contribution is 2.23. The number of hydrogen-bond acceptors (Lipinski definition) is 4. The van der Waals surface area contributed by atoms with Gasteiger partial charge in [0.2, 0.25) is 5.89 Å². The Bertz CT molecular complexity index is 845. The van der Waals surface area contributed by atoms with Crippen molar-refractivity contribution >= 4 is 34.8 Å². The molecular weight excluding hydrogens is 344 g/mol. The van der Waals surface area contributed by atoms with E-state index in [1.165, 1.54) is 42.5 Å². The third kappa shape index (κ3) is 3.67. The molecule has 0 aliphatic carbocycles. The number of amides is 1. The van der Waals surface area contributed by atoms with Crippen molar-refractivity contribution in [1.82, 2.24) is 10.2 Å². The van der Waals surface area contributed by atoms with E-state index in [0.717, 1.165) is 0 Å². The average Bonchev–Trinajstić information content (AvgIpc) is 2.97. The van der Waals surface area contributed by atoms with E-state index >= 15 is 0 Å². The van der Waals surface area contributed by atoms with Gasteiger partial charge in [0.05, 0.1) is 0 Å². The van der Waals surface area contributed by atoms with Crippen molar-refractivity contribution in [2.45, 2.75) is 0 Å². The molecule has 116 valence electrons. The predicted octanol–water partition coefficient (Wildman–Crippen LogP) is 4.43. The molecule has 1 N–H and O–H groups in total. The maximum atomic E-state index is 12.9. The van der Waals surface area contributed by atoms with Gasteiger partial charge in [0.1, 0.15) is 5.82 Å². The lowest BCUT2D eigenvalue weighted by atomic mass is 10.2. The second-order valence-corrected chi connectivity index (χ2v) is 5.40. The van der Waals surface area contributed by atoms with Crippen LogP contribution in [0.25, 0.3) is 11.5 Å². The Morgan fingerprint density at radius 1 is 1.04 bits per heavy atom. The number of nitrogens with zero attached hydrogens (tertiary/aromatic N) is 2. The fourth-order valence-electron chi connectivity index (χ4n) is 1.83. The monoisotopic (exact) mass is 351 g/mol. The zero-order valence-electron chi connectivity index (χ0n) is 11.4. The first-order chi connectivity index (χ1) is 11.0. The molecule has 0 unspecified atom stereocenters. The van der Waals surface area contributed by atoms with Gasteiger partial charge in [-0.2, -0.15) is 0 Å². The topological polar surface area (TPSA) is 68.0 Å². The molecule has 3 rings (SSSR count). The number of carbonyl (C=O) groups is 1. The van der Waals surface area contributed by atoms with E-state index in [-0.39, 0.29) is 17.6 Å². The van der Waals surface area contributed by atoms with E-state index in [1.807, 2.05) is 0 Å². The molecule has 8 heteroatoms. The predicted molar refractivity (Wildman–Crippen MR) is 84.1 cm³/mol. The van der Waals surface area contributed by atoms with E-state index < -0.39 is 5.91 Å². The lowest BCUT2D eigenvalue weighted by Gasteiger charge is -2.03. The Hall–Kier alpha value is -2.44. The van der Waals surface area contributed by atoms with Gasteiger partial charge in [-0.3, -0.25) is 4.79 Å². The number of halogens is 3. The summed E-state index contributed by atoms with van der Waals surface area (Å²) in [4.78, 5) is 12.1. The molecule has 23 heavy (non-hydrogen) atoms. The molecule has 3 aromatic rings. The van der Waals surface area contributed by atoms with Crippen molar-refractivity contribution in [1.29, 1.82) is 0 Å². The Kier molecular flexibility index (Phi) is 4.27. The highest BCUT2D eigenvalue weighted by molar-refractivity contribution is 6.35. The number of benzene rings is 2. The molecule has 1 heterocycles. The normalized spacial score (nSPS) is 10.6. The van der Waals surface area contributed by atoms with Crippen molar-refractivity contribution in [3.8, 4) is 11.5 Å². The molecule has 0 bridgehead atoms. The van der Waals surface area contributed by atoms with Crippen LogP contribution in [0, 0.1) is 5.82 Å². The van der Waals surface area contributed by atoms with Crippen LogP contribution in [0.5, 0.6) is 0 Å². The van der Waals surface area contributed by atoms with Crippen molar-refractivity contribution in [2.24, 2.45) is 0 Å². The molecule has 0 atom stereocenters. The largest absolute Gasteiger partial charge is 0.412 e. The van der Waals surface area contributed by atoms with Crippen LogP contribution in [0.3, 0.4) is 0 Å². The molecule has 0 aliphatic rings. The molecule has 0 fully saturated rings. The van der Waals surface area contributed by atoms with Gasteiger partial charge in [-0.25, -0.2) is 4.39 Å². The van der Waals surface area contributed by atoms with Gasteiger partial charge < -0.3 is 9.73 Å². The highest BCUT2D eigenvalue weighted by Gasteiger charge is 2.16. The van der Waals surface area contributed by atoms with Crippen molar-refractivity contribution in [3.05, 3.63) is 64.2 Å². The molecule has 0 aliphatic heterocycles. The second-order valence-electron chi connectivity index (χ2n) is 4.53. The first-order valence-corrected chi connectivity index (χ1v) is 7.14. The Morgan fingerprint density at radius 3 is 2.35 bits per heavy atom. The summed E-state index contributed by atoms with van der Waals surface area (Å²) in [7, 11) is 0. The molecular formula is C15H8Cl2FN3O2. The summed E-state index contributed by atoms with van der Waals surface area (Å²) in [6.07, 6.45) is 0. The van der Waals surface area contributed by atoms with Gasteiger partial charge in [-0.15, -0.1) is 10.2 Å². The Balaban J connectivity index is 1.79. The van der Waals surface area contributed by atoms with Crippen LogP contribution >= 0.6 is 23.2 Å². The Labute approximate surface area is 140 Å². The SMILES string of the molecule is O=C(Nc1cc(Cl)cc(Cl)c1)c1nnc(-c2ccc(F)cc2)o1. The standard InChI is InChI=1S/C15H8Cl2FN3O2/c16-9-5-10(17)7-12(6-9)19-13(22)15-21-20-14(23-15)8-1-3-11(18)4-2-8/h1-7H,(H,19,22). The van der Waals surface area contributed by atoms with Crippen LogP contribution in [0.1, 0.15) is 10.7 Å². The van der Waals surface area contributed by atoms with Gasteiger partial charge in [0.15, 0.2) is 0 Å². The van der Waals surface area contributed by atoms with Gasteiger partial charge in [-0.05, 0) is 42.5 Å². The number of nitrogens with one attached hydrogen (secondary N) is 1. The third-order valence-electron chi connectivity index (χ3n) is 2.83. The molecule has 5 nitrogen and oxygen atoms in total. The minimum Gasteiger partial charge on any atom is -0.412 e. The van der Waals surface area contributed by atoms with Crippen LogP contribution in [0.2, 0.25) is 10.0 Å². The van der Waals surface area contributed by atoms with Crippen LogP contribution in [-0.4, -0.2) is 16.1 Å². The molecule has 0 spiro atoms. The lowest BCUT2D eigenvalue weighted by Crippen LogP contribution is -2.12. The molecule has 2 aromatic carbocycles. The summed E-state index contributed by atoms with van der Waals surface area (Å²) in [6, 6.07) is 10.1. The number of rotatable bonds is 3. The summed E-state index contributed by atoms with van der Waals surface area (Å²) >= 11 is 11.7. The van der Waals surface area contributed by atoms with E-state index in [0.29, 0.717) is 21.3 Å². The second kappa shape index (κ2) is 6.36. The lowest BCUT2D eigenvalue weighted by molar-refractivity contribution is 0.0991. The number of aromatic nitrogens is 2. The average molecular weight is 352 g/mol. The van der Waals surface area contributed by atoms with Crippen LogP contribution in [0.4, 0.5) is 10.1 Å². The summed E-state index contributed by atoms with van der Waals surface area (Å²) in [5.41, 5.74) is 0.901. The van der Waals surface area contributed by atoms with Gasteiger partial charge >= 0.3 is 11.8 Å². The minimum absolute atomic E-state index is 0.110. The van der Waals surface area contributed by atoms with E-state index in [4.69, 9.17) is 27.6 Å². The van der Waals surface area contributed by atoms with Crippen molar-refractivity contribution < 1.29 is 13.6 Å². The van der Waals surface area contributed by atoms with Crippen LogP contribution < -0.4 is 5.32 Å². The first kappa shape index (κ1) is 15.5. The molecule has 1 amide bonds. The van der Waals surface area contributed by atoms with Crippen LogP contribution in [0.15, 0.2) is 46.9 Å².